The molecule has 2 aromatic rings. The van der Waals surface area contributed by atoms with E-state index in [4.69, 9.17) is 4.98 Å². The van der Waals surface area contributed by atoms with Gasteiger partial charge in [0, 0.05) is 17.5 Å². The monoisotopic (exact) mass is 283 g/mol. The smallest absolute Gasteiger partial charge is 0.227 e. The number of nitrogens with one attached hydrogen (secondary N) is 2. The number of fused-ring (bicyclic) bond motifs is 1. The Morgan fingerprint density at radius 3 is 2.71 bits per heavy atom. The molecule has 2 saturated carbocycles. The minimum absolute atomic E-state index is 0.154. The van der Waals surface area contributed by atoms with Crippen LogP contribution < -0.4 is 5.32 Å². The molecule has 0 spiro atoms. The fourth-order valence-corrected chi connectivity index (χ4v) is 3.27. The number of anilines is 1. The molecule has 4 nitrogen and oxygen atoms in total. The molecule has 1 aromatic carbocycles. The summed E-state index contributed by atoms with van der Waals surface area (Å²) in [7, 11) is 0. The van der Waals surface area contributed by atoms with Crippen molar-refractivity contribution in [3.8, 4) is 0 Å². The fourth-order valence-electron chi connectivity index (χ4n) is 3.27. The number of carbonyl (C=O) groups is 1. The van der Waals surface area contributed by atoms with Crippen molar-refractivity contribution >= 4 is 22.6 Å². The van der Waals surface area contributed by atoms with E-state index in [2.05, 4.69) is 10.3 Å². The minimum Gasteiger partial charge on any atom is -0.342 e. The van der Waals surface area contributed by atoms with E-state index in [0.717, 1.165) is 35.4 Å². The van der Waals surface area contributed by atoms with Crippen LogP contribution in [0.3, 0.4) is 0 Å². The summed E-state index contributed by atoms with van der Waals surface area (Å²) in [6.45, 7) is 0. The number of H-pyrrole nitrogens is 1. The molecular formula is C17H21N3O. The lowest BCUT2D eigenvalue weighted by atomic mass is 9.89. The zero-order chi connectivity index (χ0) is 14.2. The van der Waals surface area contributed by atoms with Gasteiger partial charge < -0.3 is 10.3 Å². The molecule has 1 amide bonds. The number of imidazole rings is 1. The molecule has 0 aliphatic heterocycles. The largest absolute Gasteiger partial charge is 0.342 e. The van der Waals surface area contributed by atoms with Gasteiger partial charge in [-0.25, -0.2) is 4.98 Å². The van der Waals surface area contributed by atoms with Gasteiger partial charge in [-0.05, 0) is 43.9 Å². The zero-order valence-electron chi connectivity index (χ0n) is 12.2. The fraction of sp³-hybridized carbons (Fsp3) is 0.529. The van der Waals surface area contributed by atoms with Crippen LogP contribution in [0.15, 0.2) is 18.2 Å². The average molecular weight is 283 g/mol. The van der Waals surface area contributed by atoms with Crippen LogP contribution in [0.25, 0.3) is 11.0 Å². The summed E-state index contributed by atoms with van der Waals surface area (Å²) in [4.78, 5) is 20.0. The predicted octanol–water partition coefficient (Wildman–Crippen LogP) is 3.96. The van der Waals surface area contributed by atoms with Crippen LogP contribution in [0.1, 0.15) is 56.7 Å². The quantitative estimate of drug-likeness (QED) is 0.895. The van der Waals surface area contributed by atoms with Crippen LogP contribution in [-0.4, -0.2) is 15.9 Å². The second kappa shape index (κ2) is 5.17. The Morgan fingerprint density at radius 2 is 1.95 bits per heavy atom. The summed E-state index contributed by atoms with van der Waals surface area (Å²) in [6, 6.07) is 5.96. The molecule has 21 heavy (non-hydrogen) atoms. The molecule has 0 atom stereocenters. The summed E-state index contributed by atoms with van der Waals surface area (Å²) >= 11 is 0. The Kier molecular flexibility index (Phi) is 3.17. The molecule has 0 radical (unpaired) electrons. The van der Waals surface area contributed by atoms with Gasteiger partial charge in [-0.1, -0.05) is 19.3 Å². The predicted molar refractivity (Wildman–Crippen MR) is 83.3 cm³/mol. The number of carbonyl (C=O) groups excluding carboxylic acids is 1. The number of benzene rings is 1. The Hall–Kier alpha value is -1.84. The molecule has 4 heteroatoms. The highest BCUT2D eigenvalue weighted by atomic mass is 16.2. The molecule has 4 rings (SSSR count). The lowest BCUT2D eigenvalue weighted by Crippen LogP contribution is -2.13. The minimum atomic E-state index is 0.154. The van der Waals surface area contributed by atoms with E-state index in [-0.39, 0.29) is 11.8 Å². The average Bonchev–Trinajstić information content (AvgIpc) is 3.28. The topological polar surface area (TPSA) is 57.8 Å². The third-order valence-corrected chi connectivity index (χ3v) is 4.71. The maximum atomic E-state index is 11.8. The second-order valence-electron chi connectivity index (χ2n) is 6.45. The van der Waals surface area contributed by atoms with Gasteiger partial charge in [0.15, 0.2) is 0 Å². The van der Waals surface area contributed by atoms with Crippen molar-refractivity contribution in [2.45, 2.75) is 50.9 Å². The molecule has 1 aromatic heterocycles. The van der Waals surface area contributed by atoms with E-state index in [0.29, 0.717) is 5.92 Å². The molecule has 110 valence electrons. The van der Waals surface area contributed by atoms with Gasteiger partial charge in [0.1, 0.15) is 5.82 Å². The van der Waals surface area contributed by atoms with Gasteiger partial charge in [0.05, 0.1) is 11.0 Å². The highest BCUT2D eigenvalue weighted by molar-refractivity contribution is 5.95. The summed E-state index contributed by atoms with van der Waals surface area (Å²) in [6.07, 6.45) is 8.52. The summed E-state index contributed by atoms with van der Waals surface area (Å²) < 4.78 is 0. The van der Waals surface area contributed by atoms with Crippen LogP contribution in [0.5, 0.6) is 0 Å². The molecule has 2 fully saturated rings. The van der Waals surface area contributed by atoms with Crippen LogP contribution in [-0.2, 0) is 4.79 Å². The third kappa shape index (κ3) is 2.67. The lowest BCUT2D eigenvalue weighted by molar-refractivity contribution is -0.117. The van der Waals surface area contributed by atoms with Crippen molar-refractivity contribution < 1.29 is 4.79 Å². The number of aromatic amines is 1. The van der Waals surface area contributed by atoms with Gasteiger partial charge in [-0.15, -0.1) is 0 Å². The van der Waals surface area contributed by atoms with Crippen LogP contribution in [0.2, 0.25) is 0 Å². The van der Waals surface area contributed by atoms with Crippen LogP contribution >= 0.6 is 0 Å². The van der Waals surface area contributed by atoms with Crippen molar-refractivity contribution in [1.82, 2.24) is 9.97 Å². The number of amides is 1. The first-order valence-corrected chi connectivity index (χ1v) is 8.10. The maximum absolute atomic E-state index is 11.8. The SMILES string of the molecule is O=C(Nc1ccc2nc(C3CCCCC3)[nH]c2c1)C1CC1. The van der Waals surface area contributed by atoms with E-state index in [1.54, 1.807) is 0 Å². The number of aromatic nitrogens is 2. The lowest BCUT2D eigenvalue weighted by Gasteiger charge is -2.18. The Labute approximate surface area is 124 Å². The molecule has 0 saturated heterocycles. The normalized spacial score (nSPS) is 19.8. The van der Waals surface area contributed by atoms with E-state index in [9.17, 15) is 4.79 Å². The van der Waals surface area contributed by atoms with Crippen LogP contribution in [0, 0.1) is 5.92 Å². The van der Waals surface area contributed by atoms with E-state index < -0.39 is 0 Å². The van der Waals surface area contributed by atoms with E-state index >= 15 is 0 Å². The number of hydrogen-bond donors (Lipinski definition) is 2. The number of nitrogens with zero attached hydrogens (tertiary/aromatic N) is 1. The molecule has 1 heterocycles. The van der Waals surface area contributed by atoms with Gasteiger partial charge in [-0.3, -0.25) is 4.79 Å². The molecule has 0 bridgehead atoms. The van der Waals surface area contributed by atoms with Gasteiger partial charge in [-0.2, -0.15) is 0 Å². The van der Waals surface area contributed by atoms with Crippen molar-refractivity contribution in [1.29, 1.82) is 0 Å². The van der Waals surface area contributed by atoms with Gasteiger partial charge in [0.25, 0.3) is 0 Å². The first kappa shape index (κ1) is 12.9. The maximum Gasteiger partial charge on any atom is 0.227 e. The third-order valence-electron chi connectivity index (χ3n) is 4.71. The zero-order valence-corrected chi connectivity index (χ0v) is 12.2. The van der Waals surface area contributed by atoms with E-state index in [1.807, 2.05) is 18.2 Å². The molecule has 2 N–H and O–H groups in total. The standard InChI is InChI=1S/C17H21N3O/c21-17(12-6-7-12)18-13-8-9-14-15(10-13)20-16(19-14)11-4-2-1-3-5-11/h8-12H,1-7H2,(H,18,21)(H,19,20). The van der Waals surface area contributed by atoms with Crippen LogP contribution in [0.4, 0.5) is 5.69 Å². The highest BCUT2D eigenvalue weighted by Gasteiger charge is 2.29. The summed E-state index contributed by atoms with van der Waals surface area (Å²) in [5.41, 5.74) is 2.91. The van der Waals surface area contributed by atoms with Crippen molar-refractivity contribution in [3.05, 3.63) is 24.0 Å². The summed E-state index contributed by atoms with van der Waals surface area (Å²) in [5.74, 6) is 2.09. The first-order valence-electron chi connectivity index (χ1n) is 8.10. The van der Waals surface area contributed by atoms with Gasteiger partial charge >= 0.3 is 0 Å². The molecular weight excluding hydrogens is 262 g/mol. The number of rotatable bonds is 3. The molecule has 2 aliphatic carbocycles. The van der Waals surface area contributed by atoms with Crippen molar-refractivity contribution in [2.24, 2.45) is 5.92 Å². The Balaban J connectivity index is 1.57. The Morgan fingerprint density at radius 1 is 1.14 bits per heavy atom. The van der Waals surface area contributed by atoms with E-state index in [1.165, 1.54) is 32.1 Å². The summed E-state index contributed by atoms with van der Waals surface area (Å²) in [5, 5.41) is 3.00. The van der Waals surface area contributed by atoms with Gasteiger partial charge in [0.2, 0.25) is 5.91 Å². The highest BCUT2D eigenvalue weighted by Crippen LogP contribution is 2.33. The second-order valence-corrected chi connectivity index (χ2v) is 6.45. The molecule has 2 aliphatic rings. The van der Waals surface area contributed by atoms with Crippen molar-refractivity contribution in [3.63, 3.8) is 0 Å². The first-order chi connectivity index (χ1) is 10.3. The Bertz CT molecular complexity index is 666. The van der Waals surface area contributed by atoms with Crippen molar-refractivity contribution in [2.75, 3.05) is 5.32 Å². The number of hydrogen-bond acceptors (Lipinski definition) is 2. The molecule has 0 unspecified atom stereocenters.